The number of carbonyl (C=O) groups excluding carboxylic acids is 3. The highest BCUT2D eigenvalue weighted by atomic mass is 35.5. The van der Waals surface area contributed by atoms with Crippen molar-refractivity contribution >= 4 is 52.4 Å². The van der Waals surface area contributed by atoms with Gasteiger partial charge < -0.3 is 19.9 Å². The summed E-state index contributed by atoms with van der Waals surface area (Å²) in [7, 11) is -2.11. The number of piperazine rings is 1. The fourth-order valence-electron chi connectivity index (χ4n) is 4.95. The number of halogens is 5. The summed E-state index contributed by atoms with van der Waals surface area (Å²) < 4.78 is 57.2. The van der Waals surface area contributed by atoms with Gasteiger partial charge in [-0.25, -0.2) is 4.21 Å². The zero-order valence-corrected chi connectivity index (χ0v) is 26.6. The molecule has 44 heavy (non-hydrogen) atoms. The van der Waals surface area contributed by atoms with Crippen LogP contribution in [0.4, 0.5) is 13.2 Å². The summed E-state index contributed by atoms with van der Waals surface area (Å²) in [5.41, 5.74) is 0.723. The zero-order chi connectivity index (χ0) is 32.3. The summed E-state index contributed by atoms with van der Waals surface area (Å²) in [5.74, 6) is -0.355. The van der Waals surface area contributed by atoms with Gasteiger partial charge in [-0.05, 0) is 49.6 Å². The standard InChI is InChI=1S/C25H25Cl2F3N4O5S.C4H8/c1-14(2)32-12-22-33(40(38)21-8-7-17(10-18(21)27)39-25(28,29)30)11-19(31-13-35)23(36)34(22)20(24(32)37)9-15-3-5-16(26)6-4-15;1-4-2-3-4/h3-8,10,13-14,19-20,22H,9,11-12H2,1-2H3,(H,31,35);4H,2-3H2,1H3. The lowest BCUT2D eigenvalue weighted by Crippen LogP contribution is -2.75. The van der Waals surface area contributed by atoms with Crippen LogP contribution in [0.25, 0.3) is 0 Å². The number of fused-ring (bicyclic) bond motifs is 1. The molecular weight excluding hydrogens is 644 g/mol. The van der Waals surface area contributed by atoms with Crippen LogP contribution in [0.15, 0.2) is 47.4 Å². The maximum Gasteiger partial charge on any atom is 0.573 e. The Labute approximate surface area is 266 Å². The number of ether oxygens (including phenoxy) is 1. The van der Waals surface area contributed by atoms with Crippen molar-refractivity contribution in [1.29, 1.82) is 0 Å². The lowest BCUT2D eigenvalue weighted by Gasteiger charge is -2.54. The Morgan fingerprint density at radius 3 is 2.23 bits per heavy atom. The van der Waals surface area contributed by atoms with E-state index in [1.165, 1.54) is 22.0 Å². The number of hydrogen-bond donors (Lipinski definition) is 1. The molecule has 2 heterocycles. The highest BCUT2D eigenvalue weighted by Crippen LogP contribution is 2.35. The maximum atomic E-state index is 13.9. The van der Waals surface area contributed by atoms with E-state index in [1.54, 1.807) is 29.2 Å². The summed E-state index contributed by atoms with van der Waals surface area (Å²) in [5, 5.41) is 2.66. The Morgan fingerprint density at radius 2 is 1.70 bits per heavy atom. The van der Waals surface area contributed by atoms with Crippen LogP contribution in [-0.4, -0.2) is 80.3 Å². The van der Waals surface area contributed by atoms with E-state index in [1.807, 2.05) is 13.8 Å². The van der Waals surface area contributed by atoms with Crippen molar-refractivity contribution in [1.82, 2.24) is 19.4 Å². The lowest BCUT2D eigenvalue weighted by atomic mass is 9.96. The third-order valence-corrected chi connectivity index (χ3v) is 9.70. The van der Waals surface area contributed by atoms with Gasteiger partial charge in [-0.15, -0.1) is 13.2 Å². The number of nitrogens with one attached hydrogen (secondary N) is 1. The van der Waals surface area contributed by atoms with Gasteiger partial charge in [0.2, 0.25) is 18.2 Å². The Balaban J connectivity index is 0.00000102. The van der Waals surface area contributed by atoms with Crippen LogP contribution in [0.2, 0.25) is 10.0 Å². The molecule has 3 fully saturated rings. The first-order chi connectivity index (χ1) is 20.7. The quantitative estimate of drug-likeness (QED) is 0.406. The zero-order valence-electron chi connectivity index (χ0n) is 24.2. The molecule has 4 unspecified atom stereocenters. The molecule has 3 amide bonds. The molecular formula is C29H33Cl2F3N4O5S. The molecule has 3 aliphatic rings. The van der Waals surface area contributed by atoms with Crippen molar-refractivity contribution < 1.29 is 36.5 Å². The summed E-state index contributed by atoms with van der Waals surface area (Å²) >= 11 is 12.2. The number of amides is 3. The minimum absolute atomic E-state index is 0.00575. The number of rotatable bonds is 8. The molecule has 0 aromatic heterocycles. The molecule has 5 rings (SSSR count). The third-order valence-electron chi connectivity index (χ3n) is 7.47. The van der Waals surface area contributed by atoms with Crippen LogP contribution in [0.5, 0.6) is 5.75 Å². The van der Waals surface area contributed by atoms with Crippen molar-refractivity contribution in [3.05, 3.63) is 58.1 Å². The molecule has 0 bridgehead atoms. The summed E-state index contributed by atoms with van der Waals surface area (Å²) in [6.07, 6.45) is -2.40. The second-order valence-corrected chi connectivity index (χ2v) is 13.4. The van der Waals surface area contributed by atoms with Gasteiger partial charge in [-0.3, -0.25) is 14.4 Å². The first kappa shape index (κ1) is 34.0. The first-order valence-corrected chi connectivity index (χ1v) is 15.9. The highest BCUT2D eigenvalue weighted by Gasteiger charge is 2.52. The number of hydrogen-bond acceptors (Lipinski definition) is 5. The normalized spacial score (nSPS) is 23.1. The molecule has 4 atom stereocenters. The summed E-state index contributed by atoms with van der Waals surface area (Å²) in [6.45, 7) is 5.71. The van der Waals surface area contributed by atoms with Gasteiger partial charge >= 0.3 is 6.36 Å². The highest BCUT2D eigenvalue weighted by molar-refractivity contribution is 7.82. The Kier molecular flexibility index (Phi) is 10.9. The van der Waals surface area contributed by atoms with Gasteiger partial charge in [-0.2, -0.15) is 4.31 Å². The molecule has 1 saturated carbocycles. The van der Waals surface area contributed by atoms with Crippen LogP contribution in [0.3, 0.4) is 0 Å². The van der Waals surface area contributed by atoms with Crippen molar-refractivity contribution in [3.63, 3.8) is 0 Å². The molecule has 240 valence electrons. The van der Waals surface area contributed by atoms with Crippen LogP contribution < -0.4 is 10.1 Å². The second-order valence-electron chi connectivity index (χ2n) is 11.2. The van der Waals surface area contributed by atoms with Gasteiger partial charge in [0.05, 0.1) is 16.5 Å². The van der Waals surface area contributed by atoms with Crippen LogP contribution in [0.1, 0.15) is 39.2 Å². The molecule has 2 aromatic rings. The smallest absolute Gasteiger partial charge is 0.406 e. The Bertz CT molecular complexity index is 1390. The van der Waals surface area contributed by atoms with Crippen LogP contribution in [0, 0.1) is 5.92 Å². The minimum atomic E-state index is -4.94. The molecule has 2 aliphatic heterocycles. The molecule has 1 aliphatic carbocycles. The second kappa shape index (κ2) is 14.1. The molecule has 1 N–H and O–H groups in total. The fourth-order valence-corrected chi connectivity index (χ4v) is 6.79. The SMILES string of the molecule is CC(C)N1CC2N(C(=O)C(NC=O)CN2S(=O)c2ccc(OC(F)(F)F)cc2Cl)C(Cc2ccc(Cl)cc2)C1=O.CC1CC1. The lowest BCUT2D eigenvalue weighted by molar-refractivity contribution is -0.274. The largest absolute Gasteiger partial charge is 0.573 e. The van der Waals surface area contributed by atoms with E-state index in [-0.39, 0.29) is 41.4 Å². The average Bonchev–Trinajstić information content (AvgIpc) is 3.73. The van der Waals surface area contributed by atoms with E-state index >= 15 is 0 Å². The third kappa shape index (κ3) is 8.23. The molecule has 2 aromatic carbocycles. The van der Waals surface area contributed by atoms with E-state index in [9.17, 15) is 31.8 Å². The molecule has 9 nitrogen and oxygen atoms in total. The van der Waals surface area contributed by atoms with Crippen molar-refractivity contribution in [3.8, 4) is 5.75 Å². The van der Waals surface area contributed by atoms with Gasteiger partial charge in [-0.1, -0.05) is 55.1 Å². The molecule has 0 radical (unpaired) electrons. The summed E-state index contributed by atoms with van der Waals surface area (Å²) in [4.78, 5) is 41.5. The van der Waals surface area contributed by atoms with Crippen molar-refractivity contribution in [2.45, 2.75) is 75.6 Å². The average molecular weight is 678 g/mol. The number of benzene rings is 2. The molecule has 15 heteroatoms. The summed E-state index contributed by atoms with van der Waals surface area (Å²) in [6, 6.07) is 7.39. The van der Waals surface area contributed by atoms with Crippen LogP contribution >= 0.6 is 23.2 Å². The van der Waals surface area contributed by atoms with E-state index < -0.39 is 47.3 Å². The molecule has 0 spiro atoms. The van der Waals surface area contributed by atoms with E-state index in [2.05, 4.69) is 17.0 Å². The topological polar surface area (TPSA) is 99.3 Å². The number of carbonyl (C=O) groups is 3. The van der Waals surface area contributed by atoms with Gasteiger partial charge in [0.25, 0.3) is 0 Å². The van der Waals surface area contributed by atoms with Gasteiger partial charge in [0.15, 0.2) is 0 Å². The Hall–Kier alpha value is -2.87. The predicted octanol–water partition coefficient (Wildman–Crippen LogP) is 4.78. The molecule has 2 saturated heterocycles. The van der Waals surface area contributed by atoms with Crippen molar-refractivity contribution in [2.75, 3.05) is 13.1 Å². The minimum Gasteiger partial charge on any atom is -0.406 e. The van der Waals surface area contributed by atoms with Crippen LogP contribution in [-0.2, 0) is 31.8 Å². The van der Waals surface area contributed by atoms with Gasteiger partial charge in [0.1, 0.15) is 35.0 Å². The van der Waals surface area contributed by atoms with E-state index in [4.69, 9.17) is 23.2 Å². The van der Waals surface area contributed by atoms with Crippen molar-refractivity contribution in [2.24, 2.45) is 5.92 Å². The van der Waals surface area contributed by atoms with Gasteiger partial charge in [0, 0.05) is 30.1 Å². The van der Waals surface area contributed by atoms with E-state index in [0.29, 0.717) is 11.4 Å². The fraction of sp³-hybridized carbons (Fsp3) is 0.483. The maximum absolute atomic E-state index is 13.9. The Morgan fingerprint density at radius 1 is 1.07 bits per heavy atom. The predicted molar refractivity (Wildman–Crippen MR) is 159 cm³/mol. The number of alkyl halides is 3. The van der Waals surface area contributed by atoms with E-state index in [0.717, 1.165) is 29.7 Å². The first-order valence-electron chi connectivity index (χ1n) is 14.0. The monoisotopic (exact) mass is 676 g/mol. The number of nitrogens with zero attached hydrogens (tertiary/aromatic N) is 3.